The first-order valence-corrected chi connectivity index (χ1v) is 8.63. The summed E-state index contributed by atoms with van der Waals surface area (Å²) in [5.41, 5.74) is 1.90. The van der Waals surface area contributed by atoms with E-state index in [1.54, 1.807) is 4.57 Å². The van der Waals surface area contributed by atoms with Crippen molar-refractivity contribution in [3.8, 4) is 5.69 Å². The standard InChI is InChI=1S/C18H22N6O/c1-22-11-14(10-19-22)12-23-9-5-6-15(13-23)17-20-21-18(25)24(17)16-7-3-2-4-8-16/h2-4,7-8,10-11,15H,5-6,9,12-13H2,1H3,(H,21,25). The second-order valence-electron chi connectivity index (χ2n) is 6.65. The Labute approximate surface area is 145 Å². The maximum Gasteiger partial charge on any atom is 0.347 e. The smallest absolute Gasteiger partial charge is 0.298 e. The van der Waals surface area contributed by atoms with Crippen molar-refractivity contribution in [1.82, 2.24) is 29.4 Å². The Bertz CT molecular complexity index is 894. The summed E-state index contributed by atoms with van der Waals surface area (Å²) in [6.45, 7) is 2.84. The highest BCUT2D eigenvalue weighted by atomic mass is 16.1. The van der Waals surface area contributed by atoms with Crippen molar-refractivity contribution >= 4 is 0 Å². The highest BCUT2D eigenvalue weighted by molar-refractivity contribution is 5.32. The number of likely N-dealkylation sites (tertiary alicyclic amines) is 1. The van der Waals surface area contributed by atoms with Gasteiger partial charge in [0.25, 0.3) is 0 Å². The number of nitrogens with one attached hydrogen (secondary N) is 1. The van der Waals surface area contributed by atoms with Crippen LogP contribution in [-0.4, -0.2) is 42.5 Å². The van der Waals surface area contributed by atoms with Crippen LogP contribution >= 0.6 is 0 Å². The molecule has 0 amide bonds. The van der Waals surface area contributed by atoms with Crippen molar-refractivity contribution in [3.63, 3.8) is 0 Å². The maximum absolute atomic E-state index is 12.3. The Morgan fingerprint density at radius 2 is 2.12 bits per heavy atom. The Morgan fingerprint density at radius 3 is 2.88 bits per heavy atom. The van der Waals surface area contributed by atoms with Crippen LogP contribution in [0.3, 0.4) is 0 Å². The predicted molar refractivity (Wildman–Crippen MR) is 94.6 cm³/mol. The zero-order valence-electron chi connectivity index (χ0n) is 14.3. The largest absolute Gasteiger partial charge is 0.347 e. The minimum absolute atomic E-state index is 0.175. The highest BCUT2D eigenvalue weighted by Gasteiger charge is 2.26. The van der Waals surface area contributed by atoms with E-state index in [0.29, 0.717) is 0 Å². The summed E-state index contributed by atoms with van der Waals surface area (Å²) in [6.07, 6.45) is 6.11. The van der Waals surface area contributed by atoms with E-state index >= 15 is 0 Å². The zero-order valence-corrected chi connectivity index (χ0v) is 14.3. The molecule has 3 aromatic rings. The highest BCUT2D eigenvalue weighted by Crippen LogP contribution is 2.27. The molecule has 0 aliphatic carbocycles. The Hall–Kier alpha value is -2.67. The number of rotatable bonds is 4. The first-order chi connectivity index (χ1) is 12.2. The molecule has 3 heterocycles. The van der Waals surface area contributed by atoms with Crippen LogP contribution in [0.15, 0.2) is 47.5 Å². The van der Waals surface area contributed by atoms with Gasteiger partial charge in [0.05, 0.1) is 11.9 Å². The van der Waals surface area contributed by atoms with E-state index in [9.17, 15) is 4.79 Å². The summed E-state index contributed by atoms with van der Waals surface area (Å²) in [4.78, 5) is 14.7. The van der Waals surface area contributed by atoms with Crippen molar-refractivity contribution < 1.29 is 0 Å². The lowest BCUT2D eigenvalue weighted by molar-refractivity contribution is 0.195. The first-order valence-electron chi connectivity index (χ1n) is 8.63. The van der Waals surface area contributed by atoms with Crippen LogP contribution in [0.5, 0.6) is 0 Å². The fourth-order valence-electron chi connectivity index (χ4n) is 3.63. The number of aromatic amines is 1. The molecule has 1 atom stereocenters. The van der Waals surface area contributed by atoms with Crippen LogP contribution in [0.4, 0.5) is 0 Å². The van der Waals surface area contributed by atoms with Gasteiger partial charge in [-0.2, -0.15) is 10.2 Å². The molecule has 1 aliphatic rings. The van der Waals surface area contributed by atoms with Crippen LogP contribution in [0.2, 0.25) is 0 Å². The fourth-order valence-corrected chi connectivity index (χ4v) is 3.63. The third-order valence-corrected chi connectivity index (χ3v) is 4.75. The van der Waals surface area contributed by atoms with Crippen LogP contribution in [0, 0.1) is 0 Å². The van der Waals surface area contributed by atoms with E-state index in [1.807, 2.05) is 48.3 Å². The number of hydrogen-bond donors (Lipinski definition) is 1. The van der Waals surface area contributed by atoms with Crippen LogP contribution in [-0.2, 0) is 13.6 Å². The first kappa shape index (κ1) is 15.8. The number of aromatic nitrogens is 5. The van der Waals surface area contributed by atoms with Gasteiger partial charge in [0, 0.05) is 37.8 Å². The molecule has 1 aliphatic heterocycles. The summed E-state index contributed by atoms with van der Waals surface area (Å²) in [7, 11) is 1.94. The number of hydrogen-bond acceptors (Lipinski definition) is 4. The molecule has 0 spiro atoms. The lowest BCUT2D eigenvalue weighted by Crippen LogP contribution is -2.35. The number of piperidine rings is 1. The minimum Gasteiger partial charge on any atom is -0.298 e. The van der Waals surface area contributed by atoms with E-state index in [4.69, 9.17) is 0 Å². The summed E-state index contributed by atoms with van der Waals surface area (Å²) < 4.78 is 3.54. The molecule has 0 bridgehead atoms. The minimum atomic E-state index is -0.175. The maximum atomic E-state index is 12.3. The second-order valence-corrected chi connectivity index (χ2v) is 6.65. The zero-order chi connectivity index (χ0) is 17.2. The topological polar surface area (TPSA) is 71.7 Å². The molecule has 1 fully saturated rings. The van der Waals surface area contributed by atoms with Crippen molar-refractivity contribution in [2.75, 3.05) is 13.1 Å². The van der Waals surface area contributed by atoms with E-state index in [0.717, 1.165) is 44.0 Å². The monoisotopic (exact) mass is 338 g/mol. The number of aryl methyl sites for hydroxylation is 1. The van der Waals surface area contributed by atoms with Gasteiger partial charge in [-0.15, -0.1) is 0 Å². The number of benzene rings is 1. The van der Waals surface area contributed by atoms with Gasteiger partial charge in [0.1, 0.15) is 5.82 Å². The van der Waals surface area contributed by atoms with E-state index in [2.05, 4.69) is 26.4 Å². The van der Waals surface area contributed by atoms with Crippen molar-refractivity contribution in [3.05, 3.63) is 64.6 Å². The van der Waals surface area contributed by atoms with Gasteiger partial charge in [-0.3, -0.25) is 9.58 Å². The van der Waals surface area contributed by atoms with Gasteiger partial charge in [0.2, 0.25) is 0 Å². The molecule has 1 unspecified atom stereocenters. The molecule has 7 heteroatoms. The molecule has 4 rings (SSSR count). The van der Waals surface area contributed by atoms with Gasteiger partial charge in [-0.25, -0.2) is 14.5 Å². The van der Waals surface area contributed by atoms with E-state index in [-0.39, 0.29) is 11.6 Å². The quantitative estimate of drug-likeness (QED) is 0.785. The Morgan fingerprint density at radius 1 is 1.28 bits per heavy atom. The molecule has 2 aromatic heterocycles. The summed E-state index contributed by atoms with van der Waals surface area (Å²) >= 11 is 0. The van der Waals surface area contributed by atoms with Gasteiger partial charge in [-0.1, -0.05) is 18.2 Å². The lowest BCUT2D eigenvalue weighted by atomic mass is 9.96. The average Bonchev–Trinajstić information content (AvgIpc) is 3.21. The third kappa shape index (κ3) is 3.28. The molecular formula is C18H22N6O. The van der Waals surface area contributed by atoms with Gasteiger partial charge in [-0.05, 0) is 31.5 Å². The molecule has 1 aromatic carbocycles. The van der Waals surface area contributed by atoms with Gasteiger partial charge in [0.15, 0.2) is 0 Å². The number of H-pyrrole nitrogens is 1. The van der Waals surface area contributed by atoms with Crippen molar-refractivity contribution in [2.45, 2.75) is 25.3 Å². The van der Waals surface area contributed by atoms with Crippen LogP contribution < -0.4 is 5.69 Å². The molecule has 1 saturated heterocycles. The predicted octanol–water partition coefficient (Wildman–Crippen LogP) is 1.67. The Kier molecular flexibility index (Phi) is 4.23. The summed E-state index contributed by atoms with van der Waals surface area (Å²) in [5, 5.41) is 11.2. The third-order valence-electron chi connectivity index (χ3n) is 4.75. The SMILES string of the molecule is Cn1cc(CN2CCCC(c3n[nH]c(=O)n3-c3ccccc3)C2)cn1. The fraction of sp³-hybridized carbons (Fsp3) is 0.389. The van der Waals surface area contributed by atoms with Gasteiger partial charge >= 0.3 is 5.69 Å². The van der Waals surface area contributed by atoms with Crippen molar-refractivity contribution in [1.29, 1.82) is 0 Å². The lowest BCUT2D eigenvalue weighted by Gasteiger charge is -2.31. The molecule has 0 saturated carbocycles. The molecule has 7 nitrogen and oxygen atoms in total. The van der Waals surface area contributed by atoms with E-state index in [1.165, 1.54) is 5.56 Å². The molecular weight excluding hydrogens is 316 g/mol. The molecule has 130 valence electrons. The summed E-state index contributed by atoms with van der Waals surface area (Å²) in [5.74, 6) is 1.07. The van der Waals surface area contributed by atoms with Crippen LogP contribution in [0.1, 0.15) is 30.1 Å². The number of nitrogens with zero attached hydrogens (tertiary/aromatic N) is 5. The molecule has 25 heavy (non-hydrogen) atoms. The average molecular weight is 338 g/mol. The van der Waals surface area contributed by atoms with Crippen LogP contribution in [0.25, 0.3) is 5.69 Å². The molecule has 0 radical (unpaired) electrons. The normalized spacial score (nSPS) is 18.5. The molecule has 1 N–H and O–H groups in total. The second kappa shape index (κ2) is 6.68. The Balaban J connectivity index is 1.57. The van der Waals surface area contributed by atoms with E-state index < -0.39 is 0 Å². The summed E-state index contributed by atoms with van der Waals surface area (Å²) in [6, 6.07) is 9.71. The number of para-hydroxylation sites is 1. The van der Waals surface area contributed by atoms with Crippen molar-refractivity contribution in [2.24, 2.45) is 7.05 Å². The van der Waals surface area contributed by atoms with Gasteiger partial charge < -0.3 is 0 Å².